The SMILES string of the molecule is NC(=O)OC1CCN(c2nc(OCC(F)(F)F)nc3cc(N)ccc23)C1. The summed E-state index contributed by atoms with van der Waals surface area (Å²) in [7, 11) is 0. The van der Waals surface area contributed by atoms with Crippen LogP contribution in [0.1, 0.15) is 6.42 Å². The molecule has 1 saturated heterocycles. The second kappa shape index (κ2) is 6.73. The van der Waals surface area contributed by atoms with Gasteiger partial charge in [-0.15, -0.1) is 0 Å². The zero-order chi connectivity index (χ0) is 18.9. The number of hydrogen-bond donors (Lipinski definition) is 2. The topological polar surface area (TPSA) is 117 Å². The minimum Gasteiger partial charge on any atom is -0.454 e. The predicted molar refractivity (Wildman–Crippen MR) is 86.8 cm³/mol. The number of primary amides is 1. The number of alkyl halides is 3. The first kappa shape index (κ1) is 17.8. The van der Waals surface area contributed by atoms with Crippen molar-refractivity contribution in [3.05, 3.63) is 18.2 Å². The summed E-state index contributed by atoms with van der Waals surface area (Å²) in [5.41, 5.74) is 11.5. The summed E-state index contributed by atoms with van der Waals surface area (Å²) in [4.78, 5) is 20.8. The van der Waals surface area contributed by atoms with E-state index < -0.39 is 31.0 Å². The van der Waals surface area contributed by atoms with Crippen molar-refractivity contribution < 1.29 is 27.4 Å². The number of carbonyl (C=O) groups is 1. The van der Waals surface area contributed by atoms with Crippen LogP contribution < -0.4 is 21.1 Å². The Kier molecular flexibility index (Phi) is 4.62. The molecule has 11 heteroatoms. The number of aromatic nitrogens is 2. The lowest BCUT2D eigenvalue weighted by Gasteiger charge is -2.20. The molecule has 2 heterocycles. The quantitative estimate of drug-likeness (QED) is 0.788. The van der Waals surface area contributed by atoms with Gasteiger partial charge in [0, 0.05) is 24.0 Å². The van der Waals surface area contributed by atoms with E-state index in [1.165, 1.54) is 6.07 Å². The van der Waals surface area contributed by atoms with Gasteiger partial charge < -0.3 is 25.8 Å². The molecule has 8 nitrogen and oxygen atoms in total. The zero-order valence-corrected chi connectivity index (χ0v) is 13.5. The number of halogens is 3. The number of amides is 1. The number of benzene rings is 1. The van der Waals surface area contributed by atoms with Crippen LogP contribution in [0.4, 0.5) is 29.5 Å². The van der Waals surface area contributed by atoms with E-state index in [9.17, 15) is 18.0 Å². The van der Waals surface area contributed by atoms with Crippen molar-refractivity contribution in [2.24, 2.45) is 5.73 Å². The van der Waals surface area contributed by atoms with Crippen LogP contribution >= 0.6 is 0 Å². The summed E-state index contributed by atoms with van der Waals surface area (Å²) in [6, 6.07) is 4.43. The average molecular weight is 371 g/mol. The molecular formula is C15H16F3N5O3. The van der Waals surface area contributed by atoms with Crippen LogP contribution in [0, 0.1) is 0 Å². The van der Waals surface area contributed by atoms with E-state index in [1.807, 2.05) is 0 Å². The molecule has 4 N–H and O–H groups in total. The zero-order valence-electron chi connectivity index (χ0n) is 13.5. The molecule has 3 rings (SSSR count). The van der Waals surface area contributed by atoms with E-state index in [-0.39, 0.29) is 0 Å². The molecule has 1 aliphatic rings. The molecule has 1 amide bonds. The lowest BCUT2D eigenvalue weighted by molar-refractivity contribution is -0.154. The normalized spacial score (nSPS) is 17.5. The van der Waals surface area contributed by atoms with E-state index in [0.29, 0.717) is 41.9 Å². The van der Waals surface area contributed by atoms with Gasteiger partial charge in [0.1, 0.15) is 11.9 Å². The lowest BCUT2D eigenvalue weighted by Crippen LogP contribution is -2.28. The highest BCUT2D eigenvalue weighted by Gasteiger charge is 2.30. The number of carbonyl (C=O) groups excluding carboxylic acids is 1. The Morgan fingerprint density at radius 1 is 1.35 bits per heavy atom. The Morgan fingerprint density at radius 2 is 2.12 bits per heavy atom. The first-order valence-electron chi connectivity index (χ1n) is 7.69. The van der Waals surface area contributed by atoms with Gasteiger partial charge in [0.05, 0.1) is 12.1 Å². The van der Waals surface area contributed by atoms with Gasteiger partial charge >= 0.3 is 18.3 Å². The fraction of sp³-hybridized carbons (Fsp3) is 0.400. The highest BCUT2D eigenvalue weighted by atomic mass is 19.4. The summed E-state index contributed by atoms with van der Waals surface area (Å²) in [6.07, 6.45) is -5.30. The number of nitrogens with two attached hydrogens (primary N) is 2. The first-order valence-corrected chi connectivity index (χ1v) is 7.69. The molecule has 1 fully saturated rings. The number of fused-ring (bicyclic) bond motifs is 1. The molecule has 1 aliphatic heterocycles. The Hall–Kier alpha value is -2.98. The van der Waals surface area contributed by atoms with Crippen LogP contribution in [0.3, 0.4) is 0 Å². The molecular weight excluding hydrogens is 355 g/mol. The van der Waals surface area contributed by atoms with E-state index in [1.54, 1.807) is 17.0 Å². The van der Waals surface area contributed by atoms with Crippen LogP contribution in [0.5, 0.6) is 6.01 Å². The molecule has 2 aromatic rings. The molecule has 0 aliphatic carbocycles. The third-order valence-electron chi connectivity index (χ3n) is 3.77. The number of rotatable bonds is 4. The minimum absolute atomic E-state index is 0.304. The van der Waals surface area contributed by atoms with Crippen LogP contribution in [0.15, 0.2) is 18.2 Å². The molecule has 1 aromatic carbocycles. The van der Waals surface area contributed by atoms with Gasteiger partial charge in [-0.3, -0.25) is 0 Å². The van der Waals surface area contributed by atoms with Crippen LogP contribution in [0.25, 0.3) is 10.9 Å². The number of hydrogen-bond acceptors (Lipinski definition) is 7. The van der Waals surface area contributed by atoms with Crippen molar-refractivity contribution in [1.82, 2.24) is 9.97 Å². The van der Waals surface area contributed by atoms with Gasteiger partial charge in [0.15, 0.2) is 6.61 Å². The molecule has 1 atom stereocenters. The van der Waals surface area contributed by atoms with Crippen molar-refractivity contribution >= 4 is 28.5 Å². The molecule has 0 spiro atoms. The Labute approximate surface area is 145 Å². The molecule has 140 valence electrons. The smallest absolute Gasteiger partial charge is 0.422 e. The van der Waals surface area contributed by atoms with Crippen LogP contribution in [-0.4, -0.2) is 48.0 Å². The summed E-state index contributed by atoms with van der Waals surface area (Å²) < 4.78 is 46.9. The van der Waals surface area contributed by atoms with E-state index >= 15 is 0 Å². The maximum absolute atomic E-state index is 12.4. The van der Waals surface area contributed by atoms with Gasteiger partial charge in [-0.25, -0.2) is 4.79 Å². The molecule has 1 aromatic heterocycles. The number of nitrogen functional groups attached to an aromatic ring is 1. The maximum atomic E-state index is 12.4. The second-order valence-electron chi connectivity index (χ2n) is 5.80. The van der Waals surface area contributed by atoms with Crippen molar-refractivity contribution in [1.29, 1.82) is 0 Å². The highest BCUT2D eigenvalue weighted by molar-refractivity contribution is 5.91. The molecule has 0 saturated carbocycles. The lowest BCUT2D eigenvalue weighted by atomic mass is 10.2. The summed E-state index contributed by atoms with van der Waals surface area (Å²) >= 11 is 0. The predicted octanol–water partition coefficient (Wildman–Crippen LogP) is 1.83. The fourth-order valence-corrected chi connectivity index (χ4v) is 2.74. The summed E-state index contributed by atoms with van der Waals surface area (Å²) in [5, 5.41) is 0.596. The van der Waals surface area contributed by atoms with Crippen molar-refractivity contribution in [2.45, 2.75) is 18.7 Å². The first-order chi connectivity index (χ1) is 12.2. The van der Waals surface area contributed by atoms with Crippen LogP contribution in [0.2, 0.25) is 0 Å². The van der Waals surface area contributed by atoms with Gasteiger partial charge in [-0.1, -0.05) is 0 Å². The number of anilines is 2. The summed E-state index contributed by atoms with van der Waals surface area (Å²) in [5.74, 6) is 0.378. The van der Waals surface area contributed by atoms with Crippen molar-refractivity contribution in [3.63, 3.8) is 0 Å². The minimum atomic E-state index is -4.51. The fourth-order valence-electron chi connectivity index (χ4n) is 2.74. The third kappa shape index (κ3) is 4.16. The van der Waals surface area contributed by atoms with Crippen molar-refractivity contribution in [3.8, 4) is 6.01 Å². The number of ether oxygens (including phenoxy) is 2. The Morgan fingerprint density at radius 3 is 2.81 bits per heavy atom. The van der Waals surface area contributed by atoms with Gasteiger partial charge in [0.25, 0.3) is 0 Å². The largest absolute Gasteiger partial charge is 0.454 e. The standard InChI is InChI=1S/C15H16F3N5O3/c16-15(17,18)7-25-14-21-11-5-8(19)1-2-10(11)12(22-14)23-4-3-9(6-23)26-13(20)24/h1-2,5,9H,3-4,6-7,19H2,(H2,20,24). The second-order valence-corrected chi connectivity index (χ2v) is 5.80. The monoisotopic (exact) mass is 371 g/mol. The van der Waals surface area contributed by atoms with Gasteiger partial charge in [-0.2, -0.15) is 23.1 Å². The van der Waals surface area contributed by atoms with E-state index in [0.717, 1.165) is 0 Å². The van der Waals surface area contributed by atoms with E-state index in [2.05, 4.69) is 14.7 Å². The molecule has 1 unspecified atom stereocenters. The van der Waals surface area contributed by atoms with Crippen LogP contribution in [-0.2, 0) is 4.74 Å². The van der Waals surface area contributed by atoms with Crippen molar-refractivity contribution in [2.75, 3.05) is 30.3 Å². The molecule has 0 bridgehead atoms. The average Bonchev–Trinajstić information content (AvgIpc) is 2.98. The number of nitrogens with zero attached hydrogens (tertiary/aromatic N) is 3. The molecule has 26 heavy (non-hydrogen) atoms. The van der Waals surface area contributed by atoms with Gasteiger partial charge in [-0.05, 0) is 18.2 Å². The Bertz CT molecular complexity index is 830. The summed E-state index contributed by atoms with van der Waals surface area (Å²) in [6.45, 7) is -0.723. The highest BCUT2D eigenvalue weighted by Crippen LogP contribution is 2.31. The van der Waals surface area contributed by atoms with E-state index in [4.69, 9.17) is 16.2 Å². The van der Waals surface area contributed by atoms with Gasteiger partial charge in [0.2, 0.25) is 0 Å². The molecule has 0 radical (unpaired) electrons. The maximum Gasteiger partial charge on any atom is 0.422 e. The third-order valence-corrected chi connectivity index (χ3v) is 3.77. The Balaban J connectivity index is 1.93.